The van der Waals surface area contributed by atoms with E-state index in [9.17, 15) is 9.59 Å². The first-order valence-corrected chi connectivity index (χ1v) is 12.5. The minimum absolute atomic E-state index is 0.0579. The van der Waals surface area contributed by atoms with Crippen molar-refractivity contribution in [2.75, 3.05) is 9.80 Å². The predicted octanol–water partition coefficient (Wildman–Crippen LogP) is 6.46. The first-order valence-electron chi connectivity index (χ1n) is 12.1. The van der Waals surface area contributed by atoms with Crippen molar-refractivity contribution in [3.63, 3.8) is 0 Å². The molecule has 2 amide bonds. The number of carbonyl (C=O) groups excluding carboxylic acids is 2. The number of nitrogens with zero attached hydrogens (tertiary/aromatic N) is 3. The van der Waals surface area contributed by atoms with Crippen LogP contribution < -0.4 is 9.80 Å². The van der Waals surface area contributed by atoms with E-state index in [1.165, 1.54) is 20.9 Å². The van der Waals surface area contributed by atoms with E-state index >= 15 is 0 Å². The minimum Gasteiger partial charge on any atom is -0.318 e. The number of amides is 2. The molecule has 0 spiro atoms. The Bertz CT molecular complexity index is 1510. The second kappa shape index (κ2) is 9.64. The molecule has 1 aliphatic rings. The molecule has 37 heavy (non-hydrogen) atoms. The van der Waals surface area contributed by atoms with Gasteiger partial charge < -0.3 is 4.57 Å². The van der Waals surface area contributed by atoms with Crippen LogP contribution in [0.3, 0.4) is 0 Å². The summed E-state index contributed by atoms with van der Waals surface area (Å²) in [6.07, 6.45) is 1.70. The normalized spacial score (nSPS) is 13.9. The van der Waals surface area contributed by atoms with Crippen LogP contribution in [0.5, 0.6) is 0 Å². The van der Waals surface area contributed by atoms with E-state index in [1.54, 1.807) is 6.08 Å². The number of anilines is 2. The molecular weight excluding hydrogens is 478 g/mol. The zero-order valence-corrected chi connectivity index (χ0v) is 22.0. The number of carbonyl (C=O) groups is 2. The molecule has 0 unspecified atom stereocenters. The molecule has 0 aliphatic carbocycles. The molecule has 0 N–H and O–H groups in total. The van der Waals surface area contributed by atoms with Gasteiger partial charge in [0.05, 0.1) is 11.4 Å². The Morgan fingerprint density at radius 3 is 1.78 bits per heavy atom. The van der Waals surface area contributed by atoms with Crippen LogP contribution in [0.4, 0.5) is 11.4 Å². The van der Waals surface area contributed by atoms with Crippen molar-refractivity contribution in [2.24, 2.45) is 0 Å². The lowest BCUT2D eigenvalue weighted by Crippen LogP contribution is -2.56. The molecule has 1 fully saturated rings. The summed E-state index contributed by atoms with van der Waals surface area (Å²) in [7, 11) is 0. The molecule has 2 heterocycles. The summed E-state index contributed by atoms with van der Waals surface area (Å²) in [6, 6.07) is 26.6. The molecule has 0 atom stereocenters. The number of aromatic nitrogens is 1. The SMILES string of the molecule is Cc1cccc(-n2c(C)cc(C=C3C(=O)N(c4ccccc4)C(=S)N(c4ccccc4)C3=O)c2C)c1C. The summed E-state index contributed by atoms with van der Waals surface area (Å²) in [5.74, 6) is -0.880. The lowest BCUT2D eigenvalue weighted by molar-refractivity contribution is -0.120. The van der Waals surface area contributed by atoms with E-state index in [4.69, 9.17) is 12.2 Å². The predicted molar refractivity (Wildman–Crippen MR) is 153 cm³/mol. The zero-order chi connectivity index (χ0) is 26.3. The first kappa shape index (κ1) is 24.4. The van der Waals surface area contributed by atoms with Crippen LogP contribution >= 0.6 is 12.2 Å². The van der Waals surface area contributed by atoms with Crippen molar-refractivity contribution < 1.29 is 9.59 Å². The quantitative estimate of drug-likeness (QED) is 0.182. The van der Waals surface area contributed by atoms with Gasteiger partial charge in [0.15, 0.2) is 5.11 Å². The Morgan fingerprint density at radius 2 is 1.24 bits per heavy atom. The van der Waals surface area contributed by atoms with Crippen molar-refractivity contribution in [1.82, 2.24) is 4.57 Å². The van der Waals surface area contributed by atoms with Crippen LogP contribution in [0, 0.1) is 27.7 Å². The van der Waals surface area contributed by atoms with Gasteiger partial charge >= 0.3 is 0 Å². The molecule has 0 bridgehead atoms. The molecule has 5 rings (SSSR count). The maximum absolute atomic E-state index is 13.8. The maximum atomic E-state index is 13.8. The summed E-state index contributed by atoms with van der Waals surface area (Å²) in [5, 5.41) is 0.130. The van der Waals surface area contributed by atoms with E-state index in [2.05, 4.69) is 30.5 Å². The Kier molecular flexibility index (Phi) is 6.36. The van der Waals surface area contributed by atoms with Gasteiger partial charge in [-0.15, -0.1) is 0 Å². The van der Waals surface area contributed by atoms with Gasteiger partial charge in [-0.25, -0.2) is 0 Å². The summed E-state index contributed by atoms with van der Waals surface area (Å²) in [5.41, 5.74) is 7.52. The number of hydrogen-bond donors (Lipinski definition) is 0. The van der Waals surface area contributed by atoms with Crippen LogP contribution in [0.2, 0.25) is 0 Å². The fraction of sp³-hybridized carbons (Fsp3) is 0.129. The molecule has 0 radical (unpaired) electrons. The number of rotatable bonds is 4. The third kappa shape index (κ3) is 4.19. The number of benzene rings is 3. The van der Waals surface area contributed by atoms with Gasteiger partial charge in [-0.2, -0.15) is 0 Å². The molecule has 3 aromatic carbocycles. The third-order valence-corrected chi connectivity index (χ3v) is 7.23. The van der Waals surface area contributed by atoms with E-state index < -0.39 is 11.8 Å². The van der Waals surface area contributed by atoms with Crippen molar-refractivity contribution in [2.45, 2.75) is 27.7 Å². The molecule has 0 saturated carbocycles. The van der Waals surface area contributed by atoms with E-state index in [0.29, 0.717) is 11.4 Å². The first-order chi connectivity index (χ1) is 17.8. The van der Waals surface area contributed by atoms with Crippen LogP contribution in [0.25, 0.3) is 11.8 Å². The molecule has 5 nitrogen and oxygen atoms in total. The molecule has 1 aliphatic heterocycles. The van der Waals surface area contributed by atoms with Crippen LogP contribution in [0.1, 0.15) is 28.1 Å². The number of aryl methyl sites for hydroxylation is 2. The van der Waals surface area contributed by atoms with Crippen LogP contribution in [-0.4, -0.2) is 21.5 Å². The number of thiocarbonyl (C=S) groups is 1. The second-order valence-electron chi connectivity index (χ2n) is 9.17. The Balaban J connectivity index is 1.67. The average molecular weight is 506 g/mol. The Morgan fingerprint density at radius 1 is 0.703 bits per heavy atom. The van der Waals surface area contributed by atoms with Gasteiger partial charge in [0, 0.05) is 17.1 Å². The van der Waals surface area contributed by atoms with Gasteiger partial charge in [0.1, 0.15) is 5.57 Å². The Hall–Kier alpha value is -4.29. The fourth-order valence-electron chi connectivity index (χ4n) is 4.78. The standard InChI is InChI=1S/C31H27N3O2S/c1-20-12-11-17-28(22(20)3)32-21(2)18-24(23(32)4)19-27-29(35)33(25-13-7-5-8-14-25)31(37)34(30(27)36)26-15-9-6-10-16-26/h5-19H,1-4H3. The monoisotopic (exact) mass is 505 g/mol. The number of para-hydroxylation sites is 2. The Labute approximate surface area is 222 Å². The third-order valence-electron chi connectivity index (χ3n) is 6.87. The van der Waals surface area contributed by atoms with Crippen molar-refractivity contribution in [3.8, 4) is 5.69 Å². The largest absolute Gasteiger partial charge is 0.318 e. The lowest BCUT2D eigenvalue weighted by Gasteiger charge is -2.36. The highest BCUT2D eigenvalue weighted by Crippen LogP contribution is 2.31. The van der Waals surface area contributed by atoms with Gasteiger partial charge in [-0.05, 0) is 99.1 Å². The molecular formula is C31H27N3O2S. The zero-order valence-electron chi connectivity index (χ0n) is 21.2. The summed E-state index contributed by atoms with van der Waals surface area (Å²) in [4.78, 5) is 30.5. The van der Waals surface area contributed by atoms with Crippen LogP contribution in [0.15, 0.2) is 90.5 Å². The van der Waals surface area contributed by atoms with Crippen molar-refractivity contribution >= 4 is 46.6 Å². The van der Waals surface area contributed by atoms with E-state index in [1.807, 2.05) is 86.6 Å². The molecule has 4 aromatic rings. The summed E-state index contributed by atoms with van der Waals surface area (Å²) < 4.78 is 2.17. The van der Waals surface area contributed by atoms with E-state index in [0.717, 1.165) is 22.6 Å². The smallest absolute Gasteiger partial charge is 0.270 e. The lowest BCUT2D eigenvalue weighted by atomic mass is 10.0. The van der Waals surface area contributed by atoms with Gasteiger partial charge in [-0.3, -0.25) is 19.4 Å². The van der Waals surface area contributed by atoms with Crippen molar-refractivity contribution in [3.05, 3.63) is 119 Å². The van der Waals surface area contributed by atoms with Crippen molar-refractivity contribution in [1.29, 1.82) is 0 Å². The minimum atomic E-state index is -0.440. The highest BCUT2D eigenvalue weighted by Gasteiger charge is 2.41. The highest BCUT2D eigenvalue weighted by atomic mass is 32.1. The maximum Gasteiger partial charge on any atom is 0.270 e. The van der Waals surface area contributed by atoms with E-state index in [-0.39, 0.29) is 10.7 Å². The molecule has 184 valence electrons. The topological polar surface area (TPSA) is 45.6 Å². The molecule has 6 heteroatoms. The summed E-state index contributed by atoms with van der Waals surface area (Å²) >= 11 is 5.70. The van der Waals surface area contributed by atoms with Gasteiger partial charge in [-0.1, -0.05) is 48.5 Å². The summed E-state index contributed by atoms with van der Waals surface area (Å²) in [6.45, 7) is 8.23. The average Bonchev–Trinajstić information content (AvgIpc) is 3.17. The highest BCUT2D eigenvalue weighted by molar-refractivity contribution is 7.81. The fourth-order valence-corrected chi connectivity index (χ4v) is 5.15. The van der Waals surface area contributed by atoms with Gasteiger partial charge in [0.25, 0.3) is 11.8 Å². The van der Waals surface area contributed by atoms with Gasteiger partial charge in [0.2, 0.25) is 0 Å². The number of hydrogen-bond acceptors (Lipinski definition) is 3. The molecule has 1 saturated heterocycles. The molecule has 1 aromatic heterocycles. The van der Waals surface area contributed by atoms with Crippen LogP contribution in [-0.2, 0) is 9.59 Å². The second-order valence-corrected chi connectivity index (χ2v) is 9.54.